The number of primary amides is 1. The number of halogens is 1. The van der Waals surface area contributed by atoms with Crippen molar-refractivity contribution in [3.63, 3.8) is 0 Å². The monoisotopic (exact) mass is 541 g/mol. The van der Waals surface area contributed by atoms with Crippen LogP contribution in [0.3, 0.4) is 0 Å². The van der Waals surface area contributed by atoms with Crippen LogP contribution in [0.4, 0.5) is 16.2 Å². The molecule has 0 unspecified atom stereocenters. The van der Waals surface area contributed by atoms with E-state index >= 15 is 4.39 Å². The Hall–Kier alpha value is -4.02. The summed E-state index contributed by atoms with van der Waals surface area (Å²) in [5.41, 5.74) is 6.12. The van der Waals surface area contributed by atoms with Crippen molar-refractivity contribution in [3.05, 3.63) is 54.3 Å². The number of nitrogens with two attached hydrogens (primary N) is 1. The van der Waals surface area contributed by atoms with E-state index in [0.29, 0.717) is 53.5 Å². The molecule has 2 bridgehead atoms. The van der Waals surface area contributed by atoms with Gasteiger partial charge in [-0.25, -0.2) is 9.37 Å². The van der Waals surface area contributed by atoms with E-state index in [9.17, 15) is 9.90 Å². The third-order valence-corrected chi connectivity index (χ3v) is 8.93. The van der Waals surface area contributed by atoms with Crippen LogP contribution in [0.2, 0.25) is 0 Å². The van der Waals surface area contributed by atoms with Gasteiger partial charge in [-0.05, 0) is 61.5 Å². The van der Waals surface area contributed by atoms with E-state index in [0.717, 1.165) is 36.7 Å². The largest absolute Gasteiger partial charge is 0.508 e. The minimum atomic E-state index is -0.826. The fourth-order valence-electron chi connectivity index (χ4n) is 6.60. The molecule has 0 spiro atoms. The quantitative estimate of drug-likeness (QED) is 0.354. The number of aromatic hydroxyl groups is 1. The maximum Gasteiger partial charge on any atom is 0.241 e. The first-order valence-electron chi connectivity index (χ1n) is 13.7. The highest BCUT2D eigenvalue weighted by atomic mass is 19.1. The van der Waals surface area contributed by atoms with Crippen LogP contribution in [0.1, 0.15) is 12.8 Å². The van der Waals surface area contributed by atoms with Gasteiger partial charge in [0.1, 0.15) is 22.6 Å². The number of carbonyl (C=O) groups is 1. The molecular formula is C30H32FN7O2. The predicted octanol–water partition coefficient (Wildman–Crippen LogP) is 2.84. The molecule has 4 heterocycles. The molecule has 206 valence electrons. The van der Waals surface area contributed by atoms with Crippen LogP contribution in [-0.2, 0) is 4.79 Å². The molecule has 3 aromatic carbocycles. The van der Waals surface area contributed by atoms with Gasteiger partial charge < -0.3 is 26.0 Å². The first-order chi connectivity index (χ1) is 19.2. The van der Waals surface area contributed by atoms with E-state index in [1.54, 1.807) is 18.2 Å². The highest BCUT2D eigenvalue weighted by Gasteiger charge is 2.51. The third-order valence-electron chi connectivity index (χ3n) is 8.93. The average Bonchev–Trinajstić information content (AvgIpc) is 3.24. The van der Waals surface area contributed by atoms with Crippen LogP contribution in [0.5, 0.6) is 5.75 Å². The van der Waals surface area contributed by atoms with Crippen LogP contribution < -0.4 is 20.9 Å². The summed E-state index contributed by atoms with van der Waals surface area (Å²) >= 11 is 0. The topological polar surface area (TPSA) is 111 Å². The lowest BCUT2D eigenvalue weighted by Crippen LogP contribution is -2.74. The second-order valence-electron chi connectivity index (χ2n) is 11.6. The van der Waals surface area contributed by atoms with E-state index in [2.05, 4.69) is 10.2 Å². The molecule has 3 saturated heterocycles. The Labute approximate surface area is 231 Å². The van der Waals surface area contributed by atoms with Gasteiger partial charge in [0.2, 0.25) is 11.9 Å². The molecule has 0 saturated carbocycles. The number of anilines is 2. The van der Waals surface area contributed by atoms with Gasteiger partial charge in [-0.2, -0.15) is 4.98 Å². The number of benzene rings is 3. The molecule has 1 amide bonds. The zero-order valence-electron chi connectivity index (χ0n) is 22.6. The molecule has 4 N–H and O–H groups in total. The van der Waals surface area contributed by atoms with Gasteiger partial charge >= 0.3 is 0 Å². The second-order valence-corrected chi connectivity index (χ2v) is 11.6. The van der Waals surface area contributed by atoms with Gasteiger partial charge in [0, 0.05) is 36.1 Å². The van der Waals surface area contributed by atoms with Crippen molar-refractivity contribution in [1.29, 1.82) is 0 Å². The molecule has 2 atom stereocenters. The predicted molar refractivity (Wildman–Crippen MR) is 154 cm³/mol. The summed E-state index contributed by atoms with van der Waals surface area (Å²) in [6, 6.07) is 15.3. The number of hydrogen-bond donors (Lipinski definition) is 3. The molecular weight excluding hydrogens is 509 g/mol. The van der Waals surface area contributed by atoms with Crippen LogP contribution in [0, 0.1) is 5.82 Å². The number of nitrogens with one attached hydrogen (secondary N) is 1. The Morgan fingerprint density at radius 1 is 1.02 bits per heavy atom. The highest BCUT2D eigenvalue weighted by molar-refractivity contribution is 6.01. The fraction of sp³-hybridized carbons (Fsp3) is 0.367. The molecule has 7 rings (SSSR count). The molecule has 3 aliphatic rings. The average molecular weight is 542 g/mol. The van der Waals surface area contributed by atoms with Gasteiger partial charge in [-0.3, -0.25) is 9.69 Å². The van der Waals surface area contributed by atoms with Gasteiger partial charge in [0.25, 0.3) is 0 Å². The number of piperazine rings is 1. The van der Waals surface area contributed by atoms with E-state index < -0.39 is 17.3 Å². The third kappa shape index (κ3) is 3.77. The Balaban J connectivity index is 1.39. The summed E-state index contributed by atoms with van der Waals surface area (Å²) in [6.45, 7) is 2.22. The van der Waals surface area contributed by atoms with Gasteiger partial charge in [-0.1, -0.05) is 30.3 Å². The lowest BCUT2D eigenvalue weighted by molar-refractivity contribution is -0.130. The summed E-state index contributed by atoms with van der Waals surface area (Å²) in [6.07, 6.45) is 2.21. The minimum absolute atomic E-state index is 0.0700. The zero-order chi connectivity index (χ0) is 27.8. The van der Waals surface area contributed by atoms with E-state index in [-0.39, 0.29) is 11.3 Å². The van der Waals surface area contributed by atoms with E-state index in [1.807, 2.05) is 54.2 Å². The number of phenols is 1. The number of hydrogen-bond acceptors (Lipinski definition) is 8. The first kappa shape index (κ1) is 25.0. The number of carbonyl (C=O) groups excluding carboxylic acids is 1. The van der Waals surface area contributed by atoms with Crippen molar-refractivity contribution in [2.45, 2.75) is 30.5 Å². The lowest BCUT2D eigenvalue weighted by Gasteiger charge is -2.51. The summed E-state index contributed by atoms with van der Waals surface area (Å²) in [5.74, 6) is 0.277. The smallest absolute Gasteiger partial charge is 0.241 e. The summed E-state index contributed by atoms with van der Waals surface area (Å²) < 4.78 is 16.6. The van der Waals surface area contributed by atoms with Crippen molar-refractivity contribution in [2.24, 2.45) is 5.73 Å². The number of fused-ring (bicyclic) bond motifs is 4. The Kier molecular flexibility index (Phi) is 5.62. The molecule has 9 nitrogen and oxygen atoms in total. The molecule has 10 heteroatoms. The maximum atomic E-state index is 16.6. The zero-order valence-corrected chi connectivity index (χ0v) is 22.6. The van der Waals surface area contributed by atoms with E-state index in [4.69, 9.17) is 15.7 Å². The van der Waals surface area contributed by atoms with Crippen LogP contribution in [0.25, 0.3) is 32.8 Å². The van der Waals surface area contributed by atoms with Gasteiger partial charge in [-0.15, -0.1) is 0 Å². The number of amides is 1. The van der Waals surface area contributed by atoms with Gasteiger partial charge in [0.15, 0.2) is 5.82 Å². The van der Waals surface area contributed by atoms with Gasteiger partial charge in [0.05, 0.1) is 13.1 Å². The van der Waals surface area contributed by atoms with Crippen molar-refractivity contribution in [1.82, 2.24) is 20.2 Å². The maximum absolute atomic E-state index is 16.6. The van der Waals surface area contributed by atoms with Crippen LogP contribution in [0.15, 0.2) is 48.5 Å². The minimum Gasteiger partial charge on any atom is -0.508 e. The first-order valence-corrected chi connectivity index (χ1v) is 13.7. The molecule has 1 aromatic heterocycles. The number of rotatable bonds is 5. The van der Waals surface area contributed by atoms with Crippen molar-refractivity contribution < 1.29 is 14.3 Å². The van der Waals surface area contributed by atoms with Crippen molar-refractivity contribution in [3.8, 4) is 16.9 Å². The van der Waals surface area contributed by atoms with Crippen LogP contribution >= 0.6 is 0 Å². The molecule has 4 aromatic rings. The Morgan fingerprint density at radius 2 is 1.75 bits per heavy atom. The SMILES string of the molecule is CN(C)C1(C(N)=O)CN(c2nc(N3C[C@H]4CC[C@@H](C3)N4)c3ccc(-c4cc(O)cc5ccccc45)c(F)c3n2)C1. The molecule has 3 aliphatic heterocycles. The molecule has 0 radical (unpaired) electrons. The number of phenolic OH excluding ortho intramolecular Hbond substituents is 1. The summed E-state index contributed by atoms with van der Waals surface area (Å²) in [5, 5.41) is 16.4. The molecule has 0 aliphatic carbocycles. The fourth-order valence-corrected chi connectivity index (χ4v) is 6.60. The van der Waals surface area contributed by atoms with Crippen molar-refractivity contribution in [2.75, 3.05) is 50.1 Å². The lowest BCUT2D eigenvalue weighted by atomic mass is 9.88. The summed E-state index contributed by atoms with van der Waals surface area (Å²) in [4.78, 5) is 28.0. The number of aromatic nitrogens is 2. The van der Waals surface area contributed by atoms with E-state index in [1.165, 1.54) is 0 Å². The van der Waals surface area contributed by atoms with Crippen molar-refractivity contribution >= 4 is 39.3 Å². The Bertz CT molecular complexity index is 1660. The molecule has 40 heavy (non-hydrogen) atoms. The standard InChI is InChI=1S/C30H32FN7O2/c1-36(2)30(28(32)40)15-38(16-30)29-34-26-23(27(35-29)37-13-18-7-8-19(14-37)33-18)10-9-22(25(26)31)24-12-20(39)11-17-5-3-4-6-21(17)24/h3-6,9-12,18-19,33,39H,7-8,13-16H2,1-2H3,(H2,32,40)/t18-,19+. The summed E-state index contributed by atoms with van der Waals surface area (Å²) in [7, 11) is 3.66. The second kappa shape index (κ2) is 9.00. The number of likely N-dealkylation sites (N-methyl/N-ethyl adjacent to an activating group) is 1. The number of nitrogens with zero attached hydrogens (tertiary/aromatic N) is 5. The van der Waals surface area contributed by atoms with Crippen LogP contribution in [-0.4, -0.2) is 83.8 Å². The molecule has 3 fully saturated rings. The Morgan fingerprint density at radius 3 is 2.45 bits per heavy atom. The highest BCUT2D eigenvalue weighted by Crippen LogP contribution is 2.40. The normalized spacial score (nSPS) is 21.8.